The molecule has 0 aliphatic rings. The maximum atomic E-state index is 13.1. The number of benzene rings is 2. The molecule has 0 unspecified atom stereocenters. The quantitative estimate of drug-likeness (QED) is 0.652. The zero-order valence-electron chi connectivity index (χ0n) is 13.5. The molecular weight excluding hydrogens is 315 g/mol. The molecule has 0 aliphatic carbocycles. The lowest BCUT2D eigenvalue weighted by molar-refractivity contribution is 0.0954. The van der Waals surface area contributed by atoms with Crippen molar-refractivity contribution in [1.82, 2.24) is 5.43 Å². The number of amides is 1. The maximum absolute atomic E-state index is 13.1. The van der Waals surface area contributed by atoms with E-state index in [1.807, 2.05) is 0 Å². The van der Waals surface area contributed by atoms with E-state index in [2.05, 4.69) is 10.5 Å². The Labute approximate surface area is 138 Å². The van der Waals surface area contributed by atoms with Gasteiger partial charge in [0.05, 0.1) is 27.5 Å². The van der Waals surface area contributed by atoms with Crippen LogP contribution in [0.2, 0.25) is 0 Å². The van der Waals surface area contributed by atoms with E-state index in [0.29, 0.717) is 22.8 Å². The van der Waals surface area contributed by atoms with Gasteiger partial charge < -0.3 is 14.2 Å². The van der Waals surface area contributed by atoms with Crippen molar-refractivity contribution in [2.75, 3.05) is 21.3 Å². The van der Waals surface area contributed by atoms with Crippen LogP contribution in [0.15, 0.2) is 41.5 Å². The number of hydrazone groups is 1. The predicted molar refractivity (Wildman–Crippen MR) is 87.6 cm³/mol. The van der Waals surface area contributed by atoms with Gasteiger partial charge in [0.1, 0.15) is 5.82 Å². The molecule has 0 heterocycles. The summed E-state index contributed by atoms with van der Waals surface area (Å²) < 4.78 is 28.8. The normalized spacial score (nSPS) is 10.5. The number of rotatable bonds is 6. The molecule has 0 radical (unpaired) electrons. The molecule has 0 spiro atoms. The average molecular weight is 332 g/mol. The van der Waals surface area contributed by atoms with E-state index in [4.69, 9.17) is 14.2 Å². The molecule has 2 aromatic rings. The fraction of sp³-hybridized carbons (Fsp3) is 0.176. The third-order valence-electron chi connectivity index (χ3n) is 3.15. The Bertz CT molecular complexity index is 737. The minimum Gasteiger partial charge on any atom is -0.493 e. The Morgan fingerprint density at radius 2 is 1.75 bits per heavy atom. The van der Waals surface area contributed by atoms with E-state index in [1.165, 1.54) is 45.7 Å². The second kappa shape index (κ2) is 7.96. The number of halogens is 1. The van der Waals surface area contributed by atoms with Crippen LogP contribution in [-0.4, -0.2) is 33.5 Å². The largest absolute Gasteiger partial charge is 0.493 e. The second-order valence-electron chi connectivity index (χ2n) is 4.67. The summed E-state index contributed by atoms with van der Waals surface area (Å²) in [7, 11) is 4.52. The van der Waals surface area contributed by atoms with Crippen LogP contribution in [-0.2, 0) is 0 Å². The fourth-order valence-electron chi connectivity index (χ4n) is 2.04. The lowest BCUT2D eigenvalue weighted by atomic mass is 10.2. The maximum Gasteiger partial charge on any atom is 0.271 e. The molecule has 24 heavy (non-hydrogen) atoms. The van der Waals surface area contributed by atoms with E-state index >= 15 is 0 Å². The monoisotopic (exact) mass is 332 g/mol. The van der Waals surface area contributed by atoms with Gasteiger partial charge in [0, 0.05) is 11.1 Å². The second-order valence-corrected chi connectivity index (χ2v) is 4.67. The van der Waals surface area contributed by atoms with Crippen molar-refractivity contribution < 1.29 is 23.4 Å². The van der Waals surface area contributed by atoms with Crippen molar-refractivity contribution >= 4 is 12.1 Å². The van der Waals surface area contributed by atoms with Gasteiger partial charge in [0.15, 0.2) is 11.5 Å². The topological polar surface area (TPSA) is 69.2 Å². The van der Waals surface area contributed by atoms with Crippen LogP contribution in [0.25, 0.3) is 0 Å². The lowest BCUT2D eigenvalue weighted by Gasteiger charge is -2.12. The first-order valence-electron chi connectivity index (χ1n) is 6.98. The standard InChI is InChI=1S/C17H17FN2O4/c1-22-14-7-11(8-15(23-2)16(14)24-3)10-19-20-17(21)12-5-4-6-13(18)9-12/h4-10H,1-3H3,(H,20,21)/b19-10+. The van der Waals surface area contributed by atoms with Crippen molar-refractivity contribution in [3.8, 4) is 17.2 Å². The number of hydrogen-bond donors (Lipinski definition) is 1. The molecule has 1 N–H and O–H groups in total. The summed E-state index contributed by atoms with van der Waals surface area (Å²) in [6.07, 6.45) is 1.42. The summed E-state index contributed by atoms with van der Waals surface area (Å²) in [5.41, 5.74) is 3.14. The van der Waals surface area contributed by atoms with E-state index in [-0.39, 0.29) is 5.56 Å². The smallest absolute Gasteiger partial charge is 0.271 e. The number of carbonyl (C=O) groups is 1. The van der Waals surface area contributed by atoms with Crippen molar-refractivity contribution in [3.63, 3.8) is 0 Å². The first-order chi connectivity index (χ1) is 11.6. The molecule has 0 fully saturated rings. The van der Waals surface area contributed by atoms with Crippen LogP contribution < -0.4 is 19.6 Å². The van der Waals surface area contributed by atoms with Crippen LogP contribution in [0, 0.1) is 5.82 Å². The molecule has 0 aromatic heterocycles. The minimum absolute atomic E-state index is 0.178. The predicted octanol–water partition coefficient (Wildman–Crippen LogP) is 2.62. The molecule has 126 valence electrons. The minimum atomic E-state index is -0.516. The van der Waals surface area contributed by atoms with Gasteiger partial charge >= 0.3 is 0 Å². The van der Waals surface area contributed by atoms with E-state index in [0.717, 1.165) is 6.07 Å². The number of nitrogens with zero attached hydrogens (tertiary/aromatic N) is 1. The molecule has 2 aromatic carbocycles. The van der Waals surface area contributed by atoms with Crippen molar-refractivity contribution in [3.05, 3.63) is 53.3 Å². The molecular formula is C17H17FN2O4. The van der Waals surface area contributed by atoms with Crippen LogP contribution in [0.4, 0.5) is 4.39 Å². The summed E-state index contributed by atoms with van der Waals surface area (Å²) in [5.74, 6) is 0.389. The van der Waals surface area contributed by atoms with E-state index in [1.54, 1.807) is 12.1 Å². The zero-order valence-corrected chi connectivity index (χ0v) is 13.5. The van der Waals surface area contributed by atoms with Gasteiger partial charge in [-0.1, -0.05) is 6.07 Å². The van der Waals surface area contributed by atoms with Gasteiger partial charge in [0.2, 0.25) is 5.75 Å². The Morgan fingerprint density at radius 3 is 2.29 bits per heavy atom. The Kier molecular flexibility index (Phi) is 5.73. The van der Waals surface area contributed by atoms with Gasteiger partial charge in [-0.3, -0.25) is 4.79 Å². The van der Waals surface area contributed by atoms with Crippen molar-refractivity contribution in [2.45, 2.75) is 0 Å². The number of carbonyl (C=O) groups excluding carboxylic acids is 1. The fourth-order valence-corrected chi connectivity index (χ4v) is 2.04. The molecule has 0 atom stereocenters. The lowest BCUT2D eigenvalue weighted by Crippen LogP contribution is -2.17. The highest BCUT2D eigenvalue weighted by atomic mass is 19.1. The van der Waals surface area contributed by atoms with Crippen molar-refractivity contribution in [1.29, 1.82) is 0 Å². The van der Waals surface area contributed by atoms with Crippen LogP contribution in [0.1, 0.15) is 15.9 Å². The SMILES string of the molecule is COc1cc(/C=N/NC(=O)c2cccc(F)c2)cc(OC)c1OC. The van der Waals surface area contributed by atoms with Gasteiger partial charge in [-0.15, -0.1) is 0 Å². The first-order valence-corrected chi connectivity index (χ1v) is 6.98. The number of ether oxygens (including phenoxy) is 3. The van der Waals surface area contributed by atoms with Gasteiger partial charge in [0.25, 0.3) is 5.91 Å². The highest BCUT2D eigenvalue weighted by Crippen LogP contribution is 2.37. The molecule has 1 amide bonds. The molecule has 6 nitrogen and oxygen atoms in total. The Balaban J connectivity index is 2.15. The first kappa shape index (κ1) is 17.3. The molecule has 0 bridgehead atoms. The zero-order chi connectivity index (χ0) is 17.5. The highest BCUT2D eigenvalue weighted by molar-refractivity contribution is 5.95. The number of methoxy groups -OCH3 is 3. The molecule has 0 saturated carbocycles. The molecule has 0 saturated heterocycles. The summed E-state index contributed by atoms with van der Waals surface area (Å²) in [6.45, 7) is 0. The third-order valence-corrected chi connectivity index (χ3v) is 3.15. The van der Waals surface area contributed by atoms with Gasteiger partial charge in [-0.25, -0.2) is 9.82 Å². The van der Waals surface area contributed by atoms with Crippen LogP contribution in [0.5, 0.6) is 17.2 Å². The van der Waals surface area contributed by atoms with Crippen LogP contribution in [0.3, 0.4) is 0 Å². The van der Waals surface area contributed by atoms with Gasteiger partial charge in [-0.2, -0.15) is 5.10 Å². The number of nitrogens with one attached hydrogen (secondary N) is 1. The highest BCUT2D eigenvalue weighted by Gasteiger charge is 2.12. The molecule has 7 heteroatoms. The van der Waals surface area contributed by atoms with E-state index < -0.39 is 11.7 Å². The summed E-state index contributed by atoms with van der Waals surface area (Å²) in [5, 5.41) is 3.85. The molecule has 2 rings (SSSR count). The third kappa shape index (κ3) is 4.01. The van der Waals surface area contributed by atoms with Gasteiger partial charge in [-0.05, 0) is 30.3 Å². The Morgan fingerprint density at radius 1 is 1.08 bits per heavy atom. The van der Waals surface area contributed by atoms with E-state index in [9.17, 15) is 9.18 Å². The van der Waals surface area contributed by atoms with Crippen molar-refractivity contribution in [2.24, 2.45) is 5.10 Å². The van der Waals surface area contributed by atoms with Crippen LogP contribution >= 0.6 is 0 Å². The summed E-state index contributed by atoms with van der Waals surface area (Å²) >= 11 is 0. The summed E-state index contributed by atoms with van der Waals surface area (Å²) in [6, 6.07) is 8.69. The summed E-state index contributed by atoms with van der Waals surface area (Å²) in [4.78, 5) is 11.9. The number of hydrogen-bond acceptors (Lipinski definition) is 5. The average Bonchev–Trinajstić information content (AvgIpc) is 2.60. The molecule has 0 aliphatic heterocycles. The Hall–Kier alpha value is -3.09.